The van der Waals surface area contributed by atoms with Crippen molar-refractivity contribution < 1.29 is 4.79 Å². The number of hydrogen-bond donors (Lipinski definition) is 2. The number of amides is 1. The van der Waals surface area contributed by atoms with E-state index in [-0.39, 0.29) is 17.2 Å². The molecule has 138 valence electrons. The molecule has 0 bridgehead atoms. The van der Waals surface area contributed by atoms with Crippen LogP contribution in [0.25, 0.3) is 16.1 Å². The van der Waals surface area contributed by atoms with Crippen molar-refractivity contribution >= 4 is 40.2 Å². The Kier molecular flexibility index (Phi) is 4.92. The molecule has 0 saturated heterocycles. The highest BCUT2D eigenvalue weighted by Gasteiger charge is 2.14. The Morgan fingerprint density at radius 2 is 2.21 bits per heavy atom. The Labute approximate surface area is 166 Å². The molecule has 4 aromatic rings. The largest absolute Gasteiger partial charge is 0.325 e. The lowest BCUT2D eigenvalue weighted by Crippen LogP contribution is -2.17. The summed E-state index contributed by atoms with van der Waals surface area (Å²) >= 11 is 2.68. The van der Waals surface area contributed by atoms with E-state index in [1.807, 2.05) is 23.6 Å². The van der Waals surface area contributed by atoms with Gasteiger partial charge < -0.3 is 5.32 Å². The molecule has 0 aliphatic rings. The molecule has 0 aliphatic carbocycles. The van der Waals surface area contributed by atoms with Gasteiger partial charge in [-0.25, -0.2) is 9.61 Å². The van der Waals surface area contributed by atoms with Crippen molar-refractivity contribution in [1.29, 1.82) is 5.26 Å². The van der Waals surface area contributed by atoms with E-state index in [0.29, 0.717) is 27.6 Å². The van der Waals surface area contributed by atoms with E-state index in [9.17, 15) is 9.59 Å². The Balaban J connectivity index is 1.53. The number of thioether (sulfide) groups is 1. The lowest BCUT2D eigenvalue weighted by atomic mass is 10.2. The number of aromatic amines is 1. The van der Waals surface area contributed by atoms with Crippen molar-refractivity contribution in [3.8, 4) is 16.6 Å². The summed E-state index contributed by atoms with van der Waals surface area (Å²) in [7, 11) is 0. The van der Waals surface area contributed by atoms with Crippen LogP contribution < -0.4 is 10.9 Å². The Hall–Kier alpha value is -3.42. The first-order chi connectivity index (χ1) is 13.6. The Morgan fingerprint density at radius 3 is 3.00 bits per heavy atom. The highest BCUT2D eigenvalue weighted by Crippen LogP contribution is 2.25. The number of benzene rings is 1. The van der Waals surface area contributed by atoms with Crippen LogP contribution in [0.2, 0.25) is 0 Å². The number of aromatic nitrogens is 4. The third kappa shape index (κ3) is 3.66. The number of thiophene rings is 1. The molecule has 0 saturated carbocycles. The minimum absolute atomic E-state index is 0.0686. The molecular formula is C18H12N6O2S2. The zero-order valence-electron chi connectivity index (χ0n) is 14.2. The molecule has 28 heavy (non-hydrogen) atoms. The number of rotatable bonds is 5. The van der Waals surface area contributed by atoms with E-state index in [1.54, 1.807) is 30.3 Å². The van der Waals surface area contributed by atoms with Gasteiger partial charge in [0.2, 0.25) is 11.1 Å². The molecule has 3 heterocycles. The second-order valence-corrected chi connectivity index (χ2v) is 7.56. The number of anilines is 1. The van der Waals surface area contributed by atoms with Crippen LogP contribution in [0.5, 0.6) is 0 Å². The fraction of sp³-hybridized carbons (Fsp3) is 0.0556. The molecule has 0 fully saturated rings. The number of nitriles is 1. The predicted octanol–water partition coefficient (Wildman–Crippen LogP) is 2.75. The predicted molar refractivity (Wildman–Crippen MR) is 107 cm³/mol. The molecule has 0 radical (unpaired) electrons. The summed E-state index contributed by atoms with van der Waals surface area (Å²) in [6, 6.07) is 14.2. The summed E-state index contributed by atoms with van der Waals surface area (Å²) in [6.45, 7) is 0. The lowest BCUT2D eigenvalue weighted by molar-refractivity contribution is -0.113. The van der Waals surface area contributed by atoms with Crippen LogP contribution in [-0.2, 0) is 4.79 Å². The zero-order valence-corrected chi connectivity index (χ0v) is 15.9. The smallest absolute Gasteiger partial charge is 0.290 e. The number of nitrogens with one attached hydrogen (secondary N) is 2. The molecule has 3 aromatic heterocycles. The topological polar surface area (TPSA) is 116 Å². The van der Waals surface area contributed by atoms with Crippen LogP contribution in [0.3, 0.4) is 0 Å². The fourth-order valence-electron chi connectivity index (χ4n) is 2.52. The van der Waals surface area contributed by atoms with E-state index in [2.05, 4.69) is 20.6 Å². The SMILES string of the molecule is N#Cc1cccc(NC(=O)CSc2n[nH]c(=O)c3cc(-c4cccs4)nn23)c1. The van der Waals surface area contributed by atoms with Gasteiger partial charge in [-0.2, -0.15) is 10.4 Å². The van der Waals surface area contributed by atoms with Gasteiger partial charge in [-0.1, -0.05) is 23.9 Å². The van der Waals surface area contributed by atoms with Gasteiger partial charge in [-0.15, -0.1) is 16.4 Å². The van der Waals surface area contributed by atoms with Gasteiger partial charge in [-0.3, -0.25) is 9.59 Å². The van der Waals surface area contributed by atoms with Gasteiger partial charge in [0.1, 0.15) is 11.2 Å². The van der Waals surface area contributed by atoms with Crippen molar-refractivity contribution in [2.24, 2.45) is 0 Å². The van der Waals surface area contributed by atoms with Crippen LogP contribution >= 0.6 is 23.1 Å². The zero-order chi connectivity index (χ0) is 19.5. The maximum absolute atomic E-state index is 12.2. The molecule has 2 N–H and O–H groups in total. The van der Waals surface area contributed by atoms with E-state index >= 15 is 0 Å². The maximum atomic E-state index is 12.2. The summed E-state index contributed by atoms with van der Waals surface area (Å²) in [5.74, 6) is -0.189. The van der Waals surface area contributed by atoms with Crippen molar-refractivity contribution in [2.45, 2.75) is 5.16 Å². The van der Waals surface area contributed by atoms with Crippen molar-refractivity contribution in [2.75, 3.05) is 11.1 Å². The Bertz CT molecular complexity index is 1250. The number of hydrogen-bond acceptors (Lipinski definition) is 7. The minimum atomic E-state index is -0.350. The first-order valence-corrected chi connectivity index (χ1v) is 9.96. The normalized spacial score (nSPS) is 10.7. The number of nitrogens with zero attached hydrogens (tertiary/aromatic N) is 4. The van der Waals surface area contributed by atoms with Crippen LogP contribution in [0.15, 0.2) is 57.8 Å². The molecule has 0 unspecified atom stereocenters. The fourth-order valence-corrected chi connectivity index (χ4v) is 3.91. The third-order valence-corrected chi connectivity index (χ3v) is 5.58. The second kappa shape index (κ2) is 7.67. The molecule has 1 aromatic carbocycles. The van der Waals surface area contributed by atoms with E-state index in [0.717, 1.165) is 16.6 Å². The molecule has 1 amide bonds. The molecule has 4 rings (SSSR count). The highest BCUT2D eigenvalue weighted by atomic mass is 32.2. The Morgan fingerprint density at radius 1 is 1.32 bits per heavy atom. The standard InChI is InChI=1S/C18H12N6O2S2/c19-9-11-3-1-4-12(7-11)20-16(25)10-28-18-22-21-17(26)14-8-13(23-24(14)18)15-5-2-6-27-15/h1-8H,10H2,(H,20,25)(H,21,26). The summed E-state index contributed by atoms with van der Waals surface area (Å²) in [5, 5.41) is 24.9. The number of H-pyrrole nitrogens is 1. The van der Waals surface area contributed by atoms with Crippen LogP contribution in [0, 0.1) is 11.3 Å². The van der Waals surface area contributed by atoms with Crippen LogP contribution in [0.4, 0.5) is 5.69 Å². The van der Waals surface area contributed by atoms with Gasteiger partial charge in [-0.05, 0) is 35.7 Å². The molecular weight excluding hydrogens is 396 g/mol. The average Bonchev–Trinajstić information content (AvgIpc) is 3.38. The monoisotopic (exact) mass is 408 g/mol. The number of fused-ring (bicyclic) bond motifs is 1. The summed E-state index contributed by atoms with van der Waals surface area (Å²) in [6.07, 6.45) is 0. The van der Waals surface area contributed by atoms with E-state index in [4.69, 9.17) is 5.26 Å². The quantitative estimate of drug-likeness (QED) is 0.491. The van der Waals surface area contributed by atoms with E-state index < -0.39 is 0 Å². The van der Waals surface area contributed by atoms with Gasteiger partial charge in [0.15, 0.2) is 0 Å². The lowest BCUT2D eigenvalue weighted by Gasteiger charge is -2.05. The third-order valence-electron chi connectivity index (χ3n) is 3.76. The number of carbonyl (C=O) groups is 1. The van der Waals surface area contributed by atoms with Gasteiger partial charge >= 0.3 is 0 Å². The molecule has 0 aliphatic heterocycles. The molecule has 8 nitrogen and oxygen atoms in total. The van der Waals surface area contributed by atoms with Crippen LogP contribution in [0.1, 0.15) is 5.56 Å². The number of carbonyl (C=O) groups excluding carboxylic acids is 1. The minimum Gasteiger partial charge on any atom is -0.325 e. The highest BCUT2D eigenvalue weighted by molar-refractivity contribution is 7.99. The summed E-state index contributed by atoms with van der Waals surface area (Å²) in [5.41, 5.74) is 1.70. The first kappa shape index (κ1) is 18.0. The van der Waals surface area contributed by atoms with Crippen molar-refractivity contribution in [1.82, 2.24) is 19.8 Å². The average molecular weight is 408 g/mol. The molecule has 0 atom stereocenters. The maximum Gasteiger partial charge on any atom is 0.290 e. The van der Waals surface area contributed by atoms with Gasteiger partial charge in [0, 0.05) is 5.69 Å². The van der Waals surface area contributed by atoms with Gasteiger partial charge in [0.25, 0.3) is 5.56 Å². The summed E-state index contributed by atoms with van der Waals surface area (Å²) < 4.78 is 1.45. The van der Waals surface area contributed by atoms with E-state index in [1.165, 1.54) is 15.9 Å². The van der Waals surface area contributed by atoms with Crippen LogP contribution in [-0.4, -0.2) is 31.5 Å². The summed E-state index contributed by atoms with van der Waals surface area (Å²) in [4.78, 5) is 25.2. The van der Waals surface area contributed by atoms with Gasteiger partial charge in [0.05, 0.1) is 22.3 Å². The van der Waals surface area contributed by atoms with Crippen molar-refractivity contribution in [3.05, 3.63) is 63.8 Å². The molecule has 10 heteroatoms. The molecule has 0 spiro atoms. The first-order valence-electron chi connectivity index (χ1n) is 8.09. The van der Waals surface area contributed by atoms with Crippen molar-refractivity contribution in [3.63, 3.8) is 0 Å². The second-order valence-electron chi connectivity index (χ2n) is 5.67.